The van der Waals surface area contributed by atoms with Crippen LogP contribution in [0.15, 0.2) is 12.2 Å². The predicted octanol–water partition coefficient (Wildman–Crippen LogP) is 3.64. The summed E-state index contributed by atoms with van der Waals surface area (Å²) in [5.41, 5.74) is 1.01. The van der Waals surface area contributed by atoms with Crippen LogP contribution in [0.25, 0.3) is 0 Å². The highest BCUT2D eigenvalue weighted by Crippen LogP contribution is 2.26. The molecule has 0 fully saturated rings. The number of ether oxygens (including phenoxy) is 2. The maximum absolute atomic E-state index is 5.71. The molecule has 0 spiro atoms. The molecule has 0 saturated carbocycles. The second-order valence-corrected chi connectivity index (χ2v) is 12.6. The Labute approximate surface area is 107 Å². The van der Waals surface area contributed by atoms with E-state index in [1.54, 1.807) is 0 Å². The predicted molar refractivity (Wildman–Crippen MR) is 69.2 cm³/mol. The lowest BCUT2D eigenvalue weighted by atomic mass is 10.4. The second kappa shape index (κ2) is 8.85. The van der Waals surface area contributed by atoms with E-state index in [1.807, 2.05) is 6.92 Å². The molecule has 0 bridgehead atoms. The molecular weight excluding hydrogens is 275 g/mol. The average Bonchev–Trinajstić information content (AvgIpc) is 2.07. The molecule has 0 aromatic carbocycles. The van der Waals surface area contributed by atoms with Crippen LogP contribution in [-0.2, 0) is 9.47 Å². The van der Waals surface area contributed by atoms with Crippen molar-refractivity contribution in [3.8, 4) is 0 Å². The van der Waals surface area contributed by atoms with Gasteiger partial charge in [0.05, 0.1) is 19.8 Å². The first-order chi connectivity index (χ1) is 6.92. The zero-order valence-corrected chi connectivity index (χ0v) is 12.2. The van der Waals surface area contributed by atoms with Crippen molar-refractivity contribution in [2.75, 3.05) is 26.4 Å². The summed E-state index contributed by atoms with van der Waals surface area (Å²) in [6, 6.07) is -1.81. The maximum atomic E-state index is 5.71. The van der Waals surface area contributed by atoms with E-state index >= 15 is 0 Å². The Hall–Kier alpha value is 0.747. The molecule has 0 aliphatic heterocycles. The number of hydrogen-bond donors (Lipinski definition) is 0. The first-order valence-electron chi connectivity index (χ1n) is 4.78. The Morgan fingerprint density at radius 3 is 2.27 bits per heavy atom. The van der Waals surface area contributed by atoms with Crippen molar-refractivity contribution in [2.45, 2.75) is 19.4 Å². The Morgan fingerprint density at radius 2 is 1.73 bits per heavy atom. The fourth-order valence-corrected chi connectivity index (χ4v) is 2.59. The van der Waals surface area contributed by atoms with Crippen LogP contribution in [-0.4, -0.2) is 32.4 Å². The van der Waals surface area contributed by atoms with Gasteiger partial charge in [0.2, 0.25) is 0 Å². The average molecular weight is 292 g/mol. The summed E-state index contributed by atoms with van der Waals surface area (Å²) in [6.45, 7) is 8.02. The molecule has 6 heteroatoms. The van der Waals surface area contributed by atoms with Crippen LogP contribution in [0, 0.1) is 0 Å². The molecule has 0 heterocycles. The van der Waals surface area contributed by atoms with Gasteiger partial charge < -0.3 is 9.47 Å². The first-order valence-corrected chi connectivity index (χ1v) is 10.0. The summed E-state index contributed by atoms with van der Waals surface area (Å²) in [7, 11) is 0. The van der Waals surface area contributed by atoms with E-state index < -0.39 is 6.00 Å². The Bertz CT molecular complexity index is 183. The molecular formula is C9H17Cl3O2Si. The van der Waals surface area contributed by atoms with Gasteiger partial charge in [-0.1, -0.05) is 12.2 Å². The van der Waals surface area contributed by atoms with Crippen LogP contribution >= 0.6 is 33.2 Å². The molecule has 0 saturated heterocycles. The van der Waals surface area contributed by atoms with Gasteiger partial charge >= 0.3 is 6.00 Å². The molecule has 0 aliphatic carbocycles. The van der Waals surface area contributed by atoms with E-state index in [1.165, 1.54) is 0 Å². The lowest BCUT2D eigenvalue weighted by Gasteiger charge is -2.08. The minimum absolute atomic E-state index is 0.578. The van der Waals surface area contributed by atoms with Gasteiger partial charge in [-0.15, -0.1) is 33.2 Å². The highest BCUT2D eigenvalue weighted by Gasteiger charge is 2.23. The van der Waals surface area contributed by atoms with Gasteiger partial charge in [-0.25, -0.2) is 0 Å². The standard InChI is InChI=1S/C9H17Cl3O2Si/c1-9(2)8-14-6-5-13-4-3-7-15(10,11)12/h1,3-8H2,2H3. The number of rotatable bonds is 9. The zero-order chi connectivity index (χ0) is 11.7. The topological polar surface area (TPSA) is 18.5 Å². The Morgan fingerprint density at radius 1 is 1.13 bits per heavy atom. The van der Waals surface area contributed by atoms with E-state index in [4.69, 9.17) is 42.7 Å². The zero-order valence-electron chi connectivity index (χ0n) is 8.90. The lowest BCUT2D eigenvalue weighted by molar-refractivity contribution is 0.0566. The van der Waals surface area contributed by atoms with Crippen molar-refractivity contribution >= 4 is 39.2 Å². The molecule has 0 aromatic heterocycles. The summed E-state index contributed by atoms with van der Waals surface area (Å²) in [5, 5.41) is 0. The van der Waals surface area contributed by atoms with E-state index in [-0.39, 0.29) is 0 Å². The van der Waals surface area contributed by atoms with Crippen molar-refractivity contribution in [3.63, 3.8) is 0 Å². The monoisotopic (exact) mass is 290 g/mol. The molecule has 2 nitrogen and oxygen atoms in total. The van der Waals surface area contributed by atoms with Crippen molar-refractivity contribution < 1.29 is 9.47 Å². The Kier molecular flexibility index (Phi) is 9.29. The molecule has 15 heavy (non-hydrogen) atoms. The molecule has 90 valence electrons. The third-order valence-electron chi connectivity index (χ3n) is 1.47. The third-order valence-corrected chi connectivity index (χ3v) is 4.09. The molecule has 0 unspecified atom stereocenters. The molecule has 0 aromatic rings. The van der Waals surface area contributed by atoms with Gasteiger partial charge in [0.15, 0.2) is 0 Å². The smallest absolute Gasteiger partial charge is 0.341 e. The van der Waals surface area contributed by atoms with Gasteiger partial charge in [-0.2, -0.15) is 0 Å². The second-order valence-electron chi connectivity index (χ2n) is 3.34. The van der Waals surface area contributed by atoms with Gasteiger partial charge in [0, 0.05) is 6.61 Å². The molecule has 0 aliphatic rings. The number of halogens is 3. The Balaban J connectivity index is 3.09. The molecule has 0 rings (SSSR count). The van der Waals surface area contributed by atoms with Crippen LogP contribution < -0.4 is 0 Å². The molecule has 0 N–H and O–H groups in total. The summed E-state index contributed by atoms with van der Waals surface area (Å²) >= 11 is 17.1. The molecule has 0 amide bonds. The normalized spacial score (nSPS) is 11.7. The summed E-state index contributed by atoms with van der Waals surface area (Å²) in [6.07, 6.45) is 0.795. The first kappa shape index (κ1) is 15.7. The SMILES string of the molecule is C=C(C)COCCOCCC[Si](Cl)(Cl)Cl. The third kappa shape index (κ3) is 14.7. The quantitative estimate of drug-likeness (QED) is 0.279. The van der Waals surface area contributed by atoms with E-state index in [0.717, 1.165) is 12.0 Å². The van der Waals surface area contributed by atoms with Crippen molar-refractivity contribution in [1.82, 2.24) is 0 Å². The minimum atomic E-state index is -2.45. The largest absolute Gasteiger partial charge is 0.379 e. The van der Waals surface area contributed by atoms with Crippen LogP contribution in [0.1, 0.15) is 13.3 Å². The van der Waals surface area contributed by atoms with Gasteiger partial charge in [0.1, 0.15) is 0 Å². The molecule has 0 radical (unpaired) electrons. The van der Waals surface area contributed by atoms with Crippen LogP contribution in [0.4, 0.5) is 0 Å². The fourth-order valence-electron chi connectivity index (χ4n) is 0.841. The van der Waals surface area contributed by atoms with Gasteiger partial charge in [-0.3, -0.25) is 0 Å². The summed E-state index contributed by atoms with van der Waals surface area (Å²) in [4.78, 5) is 0. The minimum Gasteiger partial charge on any atom is -0.379 e. The van der Waals surface area contributed by atoms with Crippen molar-refractivity contribution in [1.29, 1.82) is 0 Å². The van der Waals surface area contributed by atoms with Crippen LogP contribution in [0.5, 0.6) is 0 Å². The van der Waals surface area contributed by atoms with Crippen LogP contribution in [0.3, 0.4) is 0 Å². The fraction of sp³-hybridized carbons (Fsp3) is 0.778. The van der Waals surface area contributed by atoms with Crippen molar-refractivity contribution in [3.05, 3.63) is 12.2 Å². The van der Waals surface area contributed by atoms with E-state index in [9.17, 15) is 0 Å². The van der Waals surface area contributed by atoms with E-state index in [2.05, 4.69) is 6.58 Å². The maximum Gasteiger partial charge on any atom is 0.341 e. The van der Waals surface area contributed by atoms with Crippen molar-refractivity contribution in [2.24, 2.45) is 0 Å². The number of hydrogen-bond acceptors (Lipinski definition) is 2. The highest BCUT2D eigenvalue weighted by molar-refractivity contribution is 7.64. The summed E-state index contributed by atoms with van der Waals surface area (Å²) in [5.74, 6) is 0. The highest BCUT2D eigenvalue weighted by atomic mass is 35.8. The molecule has 0 atom stereocenters. The van der Waals surface area contributed by atoms with E-state index in [0.29, 0.717) is 32.5 Å². The van der Waals surface area contributed by atoms with Crippen LogP contribution in [0.2, 0.25) is 6.04 Å². The van der Waals surface area contributed by atoms with Gasteiger partial charge in [0.25, 0.3) is 0 Å². The van der Waals surface area contributed by atoms with Gasteiger partial charge in [-0.05, 0) is 19.4 Å². The summed E-state index contributed by atoms with van der Waals surface area (Å²) < 4.78 is 10.6. The lowest BCUT2D eigenvalue weighted by Crippen LogP contribution is -2.11.